The Morgan fingerprint density at radius 2 is 1.59 bits per heavy atom. The molecule has 27 heavy (non-hydrogen) atoms. The Kier molecular flexibility index (Phi) is 5.64. The molecule has 0 saturated carbocycles. The van der Waals surface area contributed by atoms with Gasteiger partial charge in [0.2, 0.25) is 0 Å². The summed E-state index contributed by atoms with van der Waals surface area (Å²) in [7, 11) is 0. The van der Waals surface area contributed by atoms with Gasteiger partial charge < -0.3 is 10.2 Å². The first kappa shape index (κ1) is 19.2. The Bertz CT molecular complexity index is 832. The van der Waals surface area contributed by atoms with Gasteiger partial charge in [-0.25, -0.2) is 0 Å². The molecule has 142 valence electrons. The smallest absolute Gasteiger partial charge is 0.255 e. The van der Waals surface area contributed by atoms with Crippen LogP contribution in [-0.4, -0.2) is 29.8 Å². The number of benzene rings is 2. The zero-order valence-corrected chi connectivity index (χ0v) is 16.6. The quantitative estimate of drug-likeness (QED) is 0.855. The minimum absolute atomic E-state index is 0.0544. The first-order chi connectivity index (χ1) is 12.8. The Morgan fingerprint density at radius 1 is 1.00 bits per heavy atom. The third-order valence-corrected chi connectivity index (χ3v) is 5.25. The molecule has 0 aromatic heterocycles. The van der Waals surface area contributed by atoms with Gasteiger partial charge in [0.05, 0.1) is 0 Å². The number of amides is 2. The van der Waals surface area contributed by atoms with Crippen molar-refractivity contribution in [3.63, 3.8) is 0 Å². The molecule has 0 spiro atoms. The third-order valence-electron chi connectivity index (χ3n) is 5.25. The number of carbonyl (C=O) groups is 2. The van der Waals surface area contributed by atoms with Gasteiger partial charge in [0.15, 0.2) is 0 Å². The molecule has 2 aromatic carbocycles. The average molecular weight is 364 g/mol. The van der Waals surface area contributed by atoms with Crippen LogP contribution in [0.2, 0.25) is 0 Å². The molecule has 0 aliphatic carbocycles. The molecule has 0 bridgehead atoms. The van der Waals surface area contributed by atoms with Gasteiger partial charge in [0.1, 0.15) is 0 Å². The van der Waals surface area contributed by atoms with Crippen LogP contribution in [0.4, 0.5) is 5.69 Å². The number of nitrogens with zero attached hydrogens (tertiary/aromatic N) is 1. The van der Waals surface area contributed by atoms with Gasteiger partial charge in [-0.2, -0.15) is 0 Å². The fraction of sp³-hybridized carbons (Fsp3) is 0.391. The van der Waals surface area contributed by atoms with Crippen molar-refractivity contribution < 1.29 is 9.59 Å². The van der Waals surface area contributed by atoms with Crippen LogP contribution in [0.1, 0.15) is 57.2 Å². The molecule has 2 aromatic rings. The van der Waals surface area contributed by atoms with Gasteiger partial charge in [-0.1, -0.05) is 24.6 Å². The second-order valence-electron chi connectivity index (χ2n) is 7.80. The Labute approximate surface area is 161 Å². The van der Waals surface area contributed by atoms with E-state index in [2.05, 4.69) is 24.4 Å². The standard InChI is InChI=1S/C23H28N2O2/c1-15-6-5-11-25(14-15)23(27)20-9-7-19(8-10-20)22(26)24-21-17(3)12-16(2)13-18(21)4/h7-10,12-13,15H,5-6,11,14H2,1-4H3,(H,24,26). The summed E-state index contributed by atoms with van der Waals surface area (Å²) in [6.07, 6.45) is 2.24. The van der Waals surface area contributed by atoms with E-state index in [0.29, 0.717) is 17.0 Å². The molecule has 4 heteroatoms. The SMILES string of the molecule is Cc1cc(C)c(NC(=O)c2ccc(C(=O)N3CCCC(C)C3)cc2)c(C)c1. The minimum atomic E-state index is -0.157. The first-order valence-corrected chi connectivity index (χ1v) is 9.63. The number of anilines is 1. The molecule has 1 saturated heterocycles. The second-order valence-corrected chi connectivity index (χ2v) is 7.80. The lowest BCUT2D eigenvalue weighted by Crippen LogP contribution is -2.39. The largest absolute Gasteiger partial charge is 0.338 e. The number of hydrogen-bond donors (Lipinski definition) is 1. The molecule has 2 amide bonds. The number of aryl methyl sites for hydroxylation is 3. The van der Waals surface area contributed by atoms with Crippen molar-refractivity contribution in [2.24, 2.45) is 5.92 Å². The zero-order valence-electron chi connectivity index (χ0n) is 16.6. The van der Waals surface area contributed by atoms with E-state index in [-0.39, 0.29) is 11.8 Å². The number of likely N-dealkylation sites (tertiary alicyclic amines) is 1. The summed E-state index contributed by atoms with van der Waals surface area (Å²) in [5.41, 5.74) is 5.32. The number of rotatable bonds is 3. The van der Waals surface area contributed by atoms with Crippen LogP contribution in [0.5, 0.6) is 0 Å². The topological polar surface area (TPSA) is 49.4 Å². The molecular formula is C23H28N2O2. The third kappa shape index (κ3) is 4.38. The van der Waals surface area contributed by atoms with Gasteiger partial charge in [0, 0.05) is 29.9 Å². The molecule has 1 fully saturated rings. The van der Waals surface area contributed by atoms with Crippen molar-refractivity contribution >= 4 is 17.5 Å². The van der Waals surface area contributed by atoms with Crippen LogP contribution < -0.4 is 5.32 Å². The molecule has 1 atom stereocenters. The fourth-order valence-corrected chi connectivity index (χ4v) is 3.88. The predicted octanol–water partition coefficient (Wildman–Crippen LogP) is 4.74. The summed E-state index contributed by atoms with van der Waals surface area (Å²) in [4.78, 5) is 27.2. The van der Waals surface area contributed by atoms with Gasteiger partial charge >= 0.3 is 0 Å². The lowest BCUT2D eigenvalue weighted by Gasteiger charge is -2.31. The van der Waals surface area contributed by atoms with Crippen LogP contribution in [0.3, 0.4) is 0 Å². The van der Waals surface area contributed by atoms with Crippen LogP contribution in [-0.2, 0) is 0 Å². The zero-order chi connectivity index (χ0) is 19.6. The van der Waals surface area contributed by atoms with E-state index in [9.17, 15) is 9.59 Å². The van der Waals surface area contributed by atoms with Crippen molar-refractivity contribution in [1.29, 1.82) is 0 Å². The number of nitrogens with one attached hydrogen (secondary N) is 1. The van der Waals surface area contributed by atoms with E-state index in [1.54, 1.807) is 24.3 Å². The number of carbonyl (C=O) groups excluding carboxylic acids is 2. The monoisotopic (exact) mass is 364 g/mol. The Morgan fingerprint density at radius 3 is 2.19 bits per heavy atom. The molecule has 1 heterocycles. The van der Waals surface area contributed by atoms with E-state index in [1.807, 2.05) is 25.7 Å². The summed E-state index contributed by atoms with van der Waals surface area (Å²) in [6.45, 7) is 9.85. The summed E-state index contributed by atoms with van der Waals surface area (Å²) >= 11 is 0. The molecule has 0 radical (unpaired) electrons. The molecule has 1 aliphatic heterocycles. The molecule has 3 rings (SSSR count). The lowest BCUT2D eigenvalue weighted by molar-refractivity contribution is 0.0682. The summed E-state index contributed by atoms with van der Waals surface area (Å²) in [5.74, 6) is 0.447. The minimum Gasteiger partial charge on any atom is -0.338 e. The normalized spacial score (nSPS) is 16.9. The summed E-state index contributed by atoms with van der Waals surface area (Å²) in [6, 6.07) is 11.1. The van der Waals surface area contributed by atoms with E-state index in [4.69, 9.17) is 0 Å². The molecule has 1 aliphatic rings. The Balaban J connectivity index is 1.71. The average Bonchev–Trinajstić information content (AvgIpc) is 2.64. The summed E-state index contributed by atoms with van der Waals surface area (Å²) in [5, 5.41) is 3.01. The van der Waals surface area contributed by atoms with Gasteiger partial charge in [-0.3, -0.25) is 9.59 Å². The molecule has 4 nitrogen and oxygen atoms in total. The maximum absolute atomic E-state index is 12.7. The second kappa shape index (κ2) is 7.95. The highest BCUT2D eigenvalue weighted by Crippen LogP contribution is 2.23. The lowest BCUT2D eigenvalue weighted by atomic mass is 9.99. The van der Waals surface area contributed by atoms with Crippen LogP contribution in [0.15, 0.2) is 36.4 Å². The van der Waals surface area contributed by atoms with Crippen molar-refractivity contribution in [2.45, 2.75) is 40.5 Å². The van der Waals surface area contributed by atoms with Gasteiger partial charge in [0.25, 0.3) is 11.8 Å². The van der Waals surface area contributed by atoms with E-state index < -0.39 is 0 Å². The summed E-state index contributed by atoms with van der Waals surface area (Å²) < 4.78 is 0. The van der Waals surface area contributed by atoms with E-state index >= 15 is 0 Å². The predicted molar refractivity (Wildman–Crippen MR) is 109 cm³/mol. The van der Waals surface area contributed by atoms with Crippen LogP contribution in [0, 0.1) is 26.7 Å². The van der Waals surface area contributed by atoms with E-state index in [1.165, 1.54) is 12.0 Å². The van der Waals surface area contributed by atoms with Gasteiger partial charge in [-0.15, -0.1) is 0 Å². The van der Waals surface area contributed by atoms with Crippen molar-refractivity contribution in [3.05, 3.63) is 64.2 Å². The highest BCUT2D eigenvalue weighted by molar-refractivity contribution is 6.05. The van der Waals surface area contributed by atoms with Crippen LogP contribution in [0.25, 0.3) is 0 Å². The van der Waals surface area contributed by atoms with Gasteiger partial charge in [-0.05, 0) is 74.9 Å². The first-order valence-electron chi connectivity index (χ1n) is 9.63. The Hall–Kier alpha value is -2.62. The van der Waals surface area contributed by atoms with E-state index in [0.717, 1.165) is 36.3 Å². The molecule has 1 unspecified atom stereocenters. The molecular weight excluding hydrogens is 336 g/mol. The maximum Gasteiger partial charge on any atom is 0.255 e. The number of piperidine rings is 1. The van der Waals surface area contributed by atoms with Crippen molar-refractivity contribution in [1.82, 2.24) is 4.90 Å². The van der Waals surface area contributed by atoms with Crippen molar-refractivity contribution in [3.8, 4) is 0 Å². The molecule has 1 N–H and O–H groups in total. The van der Waals surface area contributed by atoms with Crippen LogP contribution >= 0.6 is 0 Å². The highest BCUT2D eigenvalue weighted by atomic mass is 16.2. The fourth-order valence-electron chi connectivity index (χ4n) is 3.88. The highest BCUT2D eigenvalue weighted by Gasteiger charge is 2.22. The number of hydrogen-bond acceptors (Lipinski definition) is 2. The van der Waals surface area contributed by atoms with Crippen molar-refractivity contribution in [2.75, 3.05) is 18.4 Å². The maximum atomic E-state index is 12.7.